The largest absolute Gasteiger partial charge is 0.507 e. The Morgan fingerprint density at radius 2 is 1.17 bits per heavy atom. The van der Waals surface area contributed by atoms with E-state index in [0.717, 1.165) is 72.5 Å². The van der Waals surface area contributed by atoms with E-state index in [9.17, 15) is 5.11 Å². The lowest BCUT2D eigenvalue weighted by Gasteiger charge is -2.27. The smallest absolute Gasteiger partial charge is 0.149 e. The number of phenolic OH excluding ortho intramolecular Hbond substituents is 1. The number of aromatic nitrogens is 3. The van der Waals surface area contributed by atoms with Gasteiger partial charge in [0.25, 0.3) is 0 Å². The Morgan fingerprint density at radius 3 is 1.85 bits per heavy atom. The van der Waals surface area contributed by atoms with Gasteiger partial charge in [0, 0.05) is 28.5 Å². The van der Waals surface area contributed by atoms with Crippen molar-refractivity contribution in [2.24, 2.45) is 0 Å². The summed E-state index contributed by atoms with van der Waals surface area (Å²) in [6, 6.07) is 52.9. The van der Waals surface area contributed by atoms with Gasteiger partial charge in [0.15, 0.2) is 0 Å². The quantitative estimate of drug-likeness (QED) is 0.188. The molecular formula is C50H45N3O. The summed E-state index contributed by atoms with van der Waals surface area (Å²) in [6.07, 6.45) is 1.83. The van der Waals surface area contributed by atoms with Crippen molar-refractivity contribution in [3.63, 3.8) is 0 Å². The standard InChI is InChI=1S/C50H45N3O/c1-49(2,3)38-31-41(47(54)42(32-38)50(4,5)6)48-52-46-39(36-21-15-22-37(29-36)43-24-13-14-28-51-43)23-16-25-45(46)53(48)44-27-26-35(33-17-9-7-10-18-33)30-40(44)34-19-11-8-12-20-34/h7-32,54H,1-6H3. The number of para-hydroxylation sites is 1. The normalized spacial score (nSPS) is 12.0. The fourth-order valence-corrected chi connectivity index (χ4v) is 7.34. The van der Waals surface area contributed by atoms with Crippen LogP contribution < -0.4 is 0 Å². The van der Waals surface area contributed by atoms with Gasteiger partial charge in [0.1, 0.15) is 11.6 Å². The van der Waals surface area contributed by atoms with Crippen LogP contribution in [0.5, 0.6) is 5.75 Å². The monoisotopic (exact) mass is 703 g/mol. The summed E-state index contributed by atoms with van der Waals surface area (Å²) in [4.78, 5) is 10.2. The summed E-state index contributed by atoms with van der Waals surface area (Å²) in [7, 11) is 0. The lowest BCUT2D eigenvalue weighted by Crippen LogP contribution is -2.17. The minimum atomic E-state index is -0.305. The van der Waals surface area contributed by atoms with Crippen LogP contribution in [0.1, 0.15) is 52.7 Å². The van der Waals surface area contributed by atoms with E-state index in [4.69, 9.17) is 4.98 Å². The predicted molar refractivity (Wildman–Crippen MR) is 225 cm³/mol. The van der Waals surface area contributed by atoms with Crippen LogP contribution in [-0.4, -0.2) is 19.6 Å². The van der Waals surface area contributed by atoms with E-state index in [-0.39, 0.29) is 16.6 Å². The zero-order valence-corrected chi connectivity index (χ0v) is 31.8. The third-order valence-corrected chi connectivity index (χ3v) is 10.3. The molecular weight excluding hydrogens is 659 g/mol. The lowest BCUT2D eigenvalue weighted by molar-refractivity contribution is 0.446. The van der Waals surface area contributed by atoms with Crippen molar-refractivity contribution < 1.29 is 5.11 Å². The van der Waals surface area contributed by atoms with Crippen LogP contribution in [0, 0.1) is 0 Å². The minimum absolute atomic E-state index is 0.164. The van der Waals surface area contributed by atoms with Gasteiger partial charge in [-0.15, -0.1) is 0 Å². The number of aromatic hydroxyl groups is 1. The van der Waals surface area contributed by atoms with Crippen molar-refractivity contribution in [3.8, 4) is 67.5 Å². The number of fused-ring (bicyclic) bond motifs is 1. The third kappa shape index (κ3) is 6.49. The molecule has 0 fully saturated rings. The van der Waals surface area contributed by atoms with Crippen LogP contribution >= 0.6 is 0 Å². The van der Waals surface area contributed by atoms with Gasteiger partial charge in [-0.25, -0.2) is 4.98 Å². The maximum absolute atomic E-state index is 12.3. The molecule has 0 aliphatic heterocycles. The molecule has 54 heavy (non-hydrogen) atoms. The average molecular weight is 704 g/mol. The van der Waals surface area contributed by atoms with Gasteiger partial charge in [-0.2, -0.15) is 0 Å². The molecule has 0 atom stereocenters. The Labute approximate surface area is 318 Å². The van der Waals surface area contributed by atoms with Gasteiger partial charge >= 0.3 is 0 Å². The minimum Gasteiger partial charge on any atom is -0.507 e. The third-order valence-electron chi connectivity index (χ3n) is 10.3. The first-order chi connectivity index (χ1) is 26.0. The second kappa shape index (κ2) is 13.6. The maximum atomic E-state index is 12.3. The highest BCUT2D eigenvalue weighted by Gasteiger charge is 2.29. The van der Waals surface area contributed by atoms with E-state index in [0.29, 0.717) is 11.4 Å². The summed E-state index contributed by atoms with van der Waals surface area (Å²) in [5.74, 6) is 0.949. The second-order valence-corrected chi connectivity index (χ2v) is 16.1. The molecule has 0 bridgehead atoms. The average Bonchev–Trinajstić information content (AvgIpc) is 3.57. The van der Waals surface area contributed by atoms with E-state index in [1.54, 1.807) is 0 Å². The number of nitrogens with zero attached hydrogens (tertiary/aromatic N) is 3. The topological polar surface area (TPSA) is 50.9 Å². The molecule has 0 saturated heterocycles. The Kier molecular flexibility index (Phi) is 8.78. The van der Waals surface area contributed by atoms with Crippen LogP contribution in [-0.2, 0) is 10.8 Å². The van der Waals surface area contributed by atoms with Gasteiger partial charge in [0.05, 0.1) is 28.0 Å². The highest BCUT2D eigenvalue weighted by molar-refractivity contribution is 5.98. The molecule has 0 spiro atoms. The van der Waals surface area contributed by atoms with E-state index in [1.807, 2.05) is 30.5 Å². The zero-order valence-electron chi connectivity index (χ0n) is 31.8. The molecule has 0 amide bonds. The van der Waals surface area contributed by atoms with E-state index < -0.39 is 0 Å². The summed E-state index contributed by atoms with van der Waals surface area (Å²) >= 11 is 0. The van der Waals surface area contributed by atoms with Crippen molar-refractivity contribution in [2.75, 3.05) is 0 Å². The number of pyridine rings is 1. The number of hydrogen-bond acceptors (Lipinski definition) is 3. The highest BCUT2D eigenvalue weighted by Crippen LogP contribution is 2.45. The van der Waals surface area contributed by atoms with Crippen molar-refractivity contribution in [1.29, 1.82) is 0 Å². The maximum Gasteiger partial charge on any atom is 0.149 e. The first-order valence-electron chi connectivity index (χ1n) is 18.6. The first kappa shape index (κ1) is 34.8. The first-order valence-corrected chi connectivity index (χ1v) is 18.6. The molecule has 2 aromatic heterocycles. The molecule has 1 N–H and O–H groups in total. The van der Waals surface area contributed by atoms with Crippen LogP contribution in [0.25, 0.3) is 72.7 Å². The molecule has 8 rings (SSSR count). The number of imidazole rings is 1. The molecule has 6 aromatic carbocycles. The summed E-state index contributed by atoms with van der Waals surface area (Å²) in [6.45, 7) is 13.1. The van der Waals surface area contributed by atoms with Crippen LogP contribution in [0.3, 0.4) is 0 Å². The molecule has 4 heteroatoms. The molecule has 8 aromatic rings. The molecule has 0 saturated carbocycles. The predicted octanol–water partition coefficient (Wildman–Crippen LogP) is 13.1. The van der Waals surface area contributed by atoms with Gasteiger partial charge in [0.2, 0.25) is 0 Å². The number of benzene rings is 6. The van der Waals surface area contributed by atoms with Gasteiger partial charge < -0.3 is 5.11 Å². The fourth-order valence-electron chi connectivity index (χ4n) is 7.34. The van der Waals surface area contributed by atoms with Gasteiger partial charge in [-0.3, -0.25) is 9.55 Å². The number of hydrogen-bond donors (Lipinski definition) is 1. The van der Waals surface area contributed by atoms with Crippen molar-refractivity contribution >= 4 is 11.0 Å². The van der Waals surface area contributed by atoms with Crippen molar-refractivity contribution in [2.45, 2.75) is 52.4 Å². The zero-order chi connectivity index (χ0) is 37.6. The molecule has 4 nitrogen and oxygen atoms in total. The van der Waals surface area contributed by atoms with E-state index in [2.05, 4.69) is 178 Å². The number of phenols is 1. The van der Waals surface area contributed by atoms with E-state index in [1.165, 1.54) is 0 Å². The number of rotatable bonds is 6. The van der Waals surface area contributed by atoms with Gasteiger partial charge in [-0.1, -0.05) is 151 Å². The van der Waals surface area contributed by atoms with Crippen molar-refractivity contribution in [1.82, 2.24) is 14.5 Å². The van der Waals surface area contributed by atoms with Crippen LogP contribution in [0.4, 0.5) is 0 Å². The Morgan fingerprint density at radius 1 is 0.500 bits per heavy atom. The van der Waals surface area contributed by atoms with Crippen LogP contribution in [0.2, 0.25) is 0 Å². The summed E-state index contributed by atoms with van der Waals surface area (Å²) in [5, 5.41) is 12.3. The SMILES string of the molecule is CC(C)(C)c1cc(-c2nc3c(-c4cccc(-c5ccccn5)c4)cccc3n2-c2ccc(-c3ccccc3)cc2-c2ccccc2)c(O)c(C(C)(C)C)c1. The Balaban J connectivity index is 1.47. The fraction of sp³-hybridized carbons (Fsp3) is 0.160. The highest BCUT2D eigenvalue weighted by atomic mass is 16.3. The lowest BCUT2D eigenvalue weighted by atomic mass is 9.79. The second-order valence-electron chi connectivity index (χ2n) is 16.1. The molecule has 266 valence electrons. The molecule has 0 radical (unpaired) electrons. The molecule has 0 unspecified atom stereocenters. The van der Waals surface area contributed by atoms with Crippen molar-refractivity contribution in [3.05, 3.63) is 169 Å². The Bertz CT molecular complexity index is 2610. The molecule has 2 heterocycles. The molecule has 0 aliphatic rings. The van der Waals surface area contributed by atoms with E-state index >= 15 is 0 Å². The summed E-state index contributed by atoms with van der Waals surface area (Å²) in [5.41, 5.74) is 13.5. The van der Waals surface area contributed by atoms with Crippen LogP contribution in [0.15, 0.2) is 158 Å². The Hall–Kier alpha value is -6.26. The summed E-state index contributed by atoms with van der Waals surface area (Å²) < 4.78 is 2.26. The molecule has 0 aliphatic carbocycles. The van der Waals surface area contributed by atoms with Gasteiger partial charge in [-0.05, 0) is 81.1 Å².